The Morgan fingerprint density at radius 1 is 1.08 bits per heavy atom. The standard InChI is InChI=1S/C22H31N3O/c1-14-11-22(25-13-16(3)26-18(5)17(25)4)15(2)10-21(14)24-12-19-6-8-20(23)9-7-19/h6-11,16-18,24H,12-13,23H2,1-5H3/t16-,17?,18+/m0/s1. The molecule has 1 heterocycles. The fourth-order valence-electron chi connectivity index (χ4n) is 3.67. The predicted octanol–water partition coefficient (Wildman–Crippen LogP) is 4.50. The van der Waals surface area contributed by atoms with E-state index in [9.17, 15) is 0 Å². The average Bonchev–Trinajstić information content (AvgIpc) is 2.60. The van der Waals surface area contributed by atoms with Crippen LogP contribution in [0.1, 0.15) is 37.5 Å². The van der Waals surface area contributed by atoms with Crippen molar-refractivity contribution in [2.45, 2.75) is 59.4 Å². The van der Waals surface area contributed by atoms with E-state index in [1.165, 1.54) is 28.1 Å². The van der Waals surface area contributed by atoms with Crippen molar-refractivity contribution in [3.8, 4) is 0 Å². The molecule has 0 radical (unpaired) electrons. The second-order valence-corrected chi connectivity index (χ2v) is 7.59. The van der Waals surface area contributed by atoms with Crippen LogP contribution in [0.25, 0.3) is 0 Å². The zero-order chi connectivity index (χ0) is 18.8. The number of morpholine rings is 1. The van der Waals surface area contributed by atoms with Gasteiger partial charge >= 0.3 is 0 Å². The van der Waals surface area contributed by atoms with Gasteiger partial charge in [0.2, 0.25) is 0 Å². The minimum Gasteiger partial charge on any atom is -0.399 e. The second kappa shape index (κ2) is 7.58. The third-order valence-electron chi connectivity index (χ3n) is 5.39. The van der Waals surface area contributed by atoms with Crippen LogP contribution in [0.4, 0.5) is 17.1 Å². The number of benzene rings is 2. The molecule has 2 aromatic rings. The van der Waals surface area contributed by atoms with E-state index >= 15 is 0 Å². The Labute approximate surface area is 157 Å². The van der Waals surface area contributed by atoms with Gasteiger partial charge in [0.25, 0.3) is 0 Å². The number of hydrogen-bond donors (Lipinski definition) is 2. The van der Waals surface area contributed by atoms with Crippen LogP contribution in [0.3, 0.4) is 0 Å². The van der Waals surface area contributed by atoms with Crippen LogP contribution in [-0.2, 0) is 11.3 Å². The van der Waals surface area contributed by atoms with Crippen molar-refractivity contribution in [3.05, 3.63) is 53.1 Å². The number of rotatable bonds is 4. The molecule has 2 aromatic carbocycles. The Balaban J connectivity index is 1.78. The van der Waals surface area contributed by atoms with Crippen molar-refractivity contribution in [1.29, 1.82) is 0 Å². The largest absolute Gasteiger partial charge is 0.399 e. The summed E-state index contributed by atoms with van der Waals surface area (Å²) in [6, 6.07) is 13.0. The number of nitrogens with one attached hydrogen (secondary N) is 1. The van der Waals surface area contributed by atoms with Gasteiger partial charge in [-0.3, -0.25) is 0 Å². The number of nitrogen functional groups attached to an aromatic ring is 1. The van der Waals surface area contributed by atoms with Crippen molar-refractivity contribution in [2.75, 3.05) is 22.5 Å². The highest BCUT2D eigenvalue weighted by Crippen LogP contribution is 2.32. The summed E-state index contributed by atoms with van der Waals surface area (Å²) in [7, 11) is 0. The molecule has 3 atom stereocenters. The summed E-state index contributed by atoms with van der Waals surface area (Å²) in [6.07, 6.45) is 0.492. The number of ether oxygens (including phenoxy) is 1. The van der Waals surface area contributed by atoms with E-state index in [1.807, 2.05) is 12.1 Å². The van der Waals surface area contributed by atoms with Gasteiger partial charge in [0, 0.05) is 30.2 Å². The lowest BCUT2D eigenvalue weighted by atomic mass is 10.0. The normalized spacial score (nSPS) is 23.1. The molecule has 0 spiro atoms. The number of aryl methyl sites for hydroxylation is 2. The van der Waals surface area contributed by atoms with Crippen LogP contribution in [0.15, 0.2) is 36.4 Å². The van der Waals surface area contributed by atoms with Gasteiger partial charge in [-0.2, -0.15) is 0 Å². The fourth-order valence-corrected chi connectivity index (χ4v) is 3.67. The first-order valence-corrected chi connectivity index (χ1v) is 9.46. The number of nitrogens with zero attached hydrogens (tertiary/aromatic N) is 1. The second-order valence-electron chi connectivity index (χ2n) is 7.59. The molecule has 0 aliphatic carbocycles. The Morgan fingerprint density at radius 2 is 1.77 bits per heavy atom. The molecule has 4 nitrogen and oxygen atoms in total. The Kier molecular flexibility index (Phi) is 5.42. The smallest absolute Gasteiger partial charge is 0.0751 e. The molecule has 0 amide bonds. The molecule has 0 saturated carbocycles. The maximum absolute atomic E-state index is 5.98. The lowest BCUT2D eigenvalue weighted by Gasteiger charge is -2.43. The third-order valence-corrected chi connectivity index (χ3v) is 5.39. The number of nitrogens with two attached hydrogens (primary N) is 1. The Hall–Kier alpha value is -2.20. The maximum Gasteiger partial charge on any atom is 0.0751 e. The molecule has 1 aliphatic rings. The highest BCUT2D eigenvalue weighted by Gasteiger charge is 2.30. The summed E-state index contributed by atoms with van der Waals surface area (Å²) < 4.78 is 5.98. The van der Waals surface area contributed by atoms with Gasteiger partial charge < -0.3 is 20.7 Å². The first-order chi connectivity index (χ1) is 12.3. The van der Waals surface area contributed by atoms with E-state index in [4.69, 9.17) is 10.5 Å². The molecule has 140 valence electrons. The van der Waals surface area contributed by atoms with Gasteiger partial charge in [0.1, 0.15) is 0 Å². The van der Waals surface area contributed by atoms with Gasteiger partial charge in [-0.15, -0.1) is 0 Å². The summed E-state index contributed by atoms with van der Waals surface area (Å²) >= 11 is 0. The van der Waals surface area contributed by atoms with Crippen molar-refractivity contribution >= 4 is 17.1 Å². The zero-order valence-electron chi connectivity index (χ0n) is 16.5. The van der Waals surface area contributed by atoms with Crippen molar-refractivity contribution < 1.29 is 4.74 Å². The monoisotopic (exact) mass is 353 g/mol. The van der Waals surface area contributed by atoms with Crippen molar-refractivity contribution in [1.82, 2.24) is 0 Å². The molecule has 4 heteroatoms. The maximum atomic E-state index is 5.98. The molecule has 26 heavy (non-hydrogen) atoms. The van der Waals surface area contributed by atoms with Crippen LogP contribution in [0.2, 0.25) is 0 Å². The van der Waals surface area contributed by atoms with Crippen LogP contribution in [0.5, 0.6) is 0 Å². The highest BCUT2D eigenvalue weighted by atomic mass is 16.5. The topological polar surface area (TPSA) is 50.5 Å². The molecule has 1 saturated heterocycles. The van der Waals surface area contributed by atoms with E-state index in [2.05, 4.69) is 69.1 Å². The molecule has 0 bridgehead atoms. The average molecular weight is 354 g/mol. The summed E-state index contributed by atoms with van der Waals surface area (Å²) in [5.41, 5.74) is 12.8. The van der Waals surface area contributed by atoms with Crippen LogP contribution in [-0.4, -0.2) is 24.8 Å². The van der Waals surface area contributed by atoms with E-state index < -0.39 is 0 Å². The molecule has 0 aromatic heterocycles. The number of anilines is 3. The minimum atomic E-state index is 0.238. The quantitative estimate of drug-likeness (QED) is 0.795. The summed E-state index contributed by atoms with van der Waals surface area (Å²) in [4.78, 5) is 2.49. The van der Waals surface area contributed by atoms with Gasteiger partial charge in [-0.1, -0.05) is 12.1 Å². The SMILES string of the molecule is Cc1cc(N2C[C@H](C)O[C@H](C)C2C)c(C)cc1NCc1ccc(N)cc1. The summed E-state index contributed by atoms with van der Waals surface area (Å²) in [5.74, 6) is 0. The summed E-state index contributed by atoms with van der Waals surface area (Å²) in [5, 5.41) is 3.56. The zero-order valence-corrected chi connectivity index (χ0v) is 16.5. The van der Waals surface area contributed by atoms with Crippen LogP contribution < -0.4 is 16.0 Å². The van der Waals surface area contributed by atoms with E-state index in [0.29, 0.717) is 6.04 Å². The van der Waals surface area contributed by atoms with Crippen LogP contribution in [0, 0.1) is 13.8 Å². The van der Waals surface area contributed by atoms with Crippen molar-refractivity contribution in [3.63, 3.8) is 0 Å². The van der Waals surface area contributed by atoms with E-state index in [0.717, 1.165) is 18.8 Å². The molecule has 1 unspecified atom stereocenters. The molecule has 1 fully saturated rings. The first kappa shape index (κ1) is 18.6. The minimum absolute atomic E-state index is 0.238. The molecule has 1 aliphatic heterocycles. The molecule has 3 N–H and O–H groups in total. The highest BCUT2D eigenvalue weighted by molar-refractivity contribution is 5.65. The lowest BCUT2D eigenvalue weighted by Crippen LogP contribution is -2.52. The Morgan fingerprint density at radius 3 is 2.46 bits per heavy atom. The number of hydrogen-bond acceptors (Lipinski definition) is 4. The fraction of sp³-hybridized carbons (Fsp3) is 0.455. The molecule has 3 rings (SSSR count). The van der Waals surface area contributed by atoms with E-state index in [-0.39, 0.29) is 12.2 Å². The Bertz CT molecular complexity index is 757. The molecular formula is C22H31N3O. The molecular weight excluding hydrogens is 322 g/mol. The van der Waals surface area contributed by atoms with Gasteiger partial charge in [-0.25, -0.2) is 0 Å². The van der Waals surface area contributed by atoms with Crippen LogP contribution >= 0.6 is 0 Å². The third kappa shape index (κ3) is 3.96. The van der Waals surface area contributed by atoms with Crippen molar-refractivity contribution in [2.24, 2.45) is 0 Å². The lowest BCUT2D eigenvalue weighted by molar-refractivity contribution is -0.0258. The summed E-state index contributed by atoms with van der Waals surface area (Å²) in [6.45, 7) is 12.7. The van der Waals surface area contributed by atoms with E-state index in [1.54, 1.807) is 0 Å². The predicted molar refractivity (Wildman–Crippen MR) is 111 cm³/mol. The van der Waals surface area contributed by atoms with Gasteiger partial charge in [-0.05, 0) is 75.6 Å². The van der Waals surface area contributed by atoms with Gasteiger partial charge in [0.15, 0.2) is 0 Å². The first-order valence-electron chi connectivity index (χ1n) is 9.46. The van der Waals surface area contributed by atoms with Gasteiger partial charge in [0.05, 0.1) is 18.2 Å².